The van der Waals surface area contributed by atoms with Crippen LogP contribution in [0.1, 0.15) is 87.8 Å². The second-order valence-electron chi connectivity index (χ2n) is 16.6. The van der Waals surface area contributed by atoms with Gasteiger partial charge in [0.05, 0.1) is 41.8 Å². The van der Waals surface area contributed by atoms with Gasteiger partial charge in [0, 0.05) is 105 Å². The van der Waals surface area contributed by atoms with Crippen LogP contribution >= 0.6 is 45.3 Å². The zero-order valence-electron chi connectivity index (χ0n) is 44.5. The molecule has 12 N–H and O–H groups in total. The van der Waals surface area contributed by atoms with Gasteiger partial charge in [0.15, 0.2) is 49.0 Å². The maximum atomic E-state index is 8.98. The fourth-order valence-electron chi connectivity index (χ4n) is 7.07. The van der Waals surface area contributed by atoms with Crippen molar-refractivity contribution in [2.45, 2.75) is 107 Å². The summed E-state index contributed by atoms with van der Waals surface area (Å²) >= 11 is 6.60. The van der Waals surface area contributed by atoms with Gasteiger partial charge in [-0.1, -0.05) is 45.3 Å². The molecule has 0 aromatic carbocycles. The van der Waals surface area contributed by atoms with Gasteiger partial charge in [-0.3, -0.25) is 0 Å². The Kier molecular flexibility index (Phi) is 36.6. The lowest BCUT2D eigenvalue weighted by molar-refractivity contribution is -0.689. The topological polar surface area (TPSA) is 304 Å². The highest BCUT2D eigenvalue weighted by Gasteiger charge is 2.21. The zero-order valence-corrected chi connectivity index (χ0v) is 52.5. The van der Waals surface area contributed by atoms with E-state index in [0.717, 1.165) is 45.0 Å². The fourth-order valence-corrected chi connectivity index (χ4v) is 11.0. The second-order valence-corrected chi connectivity index (χ2v) is 20.4. The lowest BCUT2D eigenvalue weighted by atomic mass is 10.2. The highest BCUT2D eigenvalue weighted by molar-refractivity contribution is 7.37. The Hall–Kier alpha value is -4.26. The molecule has 0 aliphatic heterocycles. The van der Waals surface area contributed by atoms with Gasteiger partial charge in [0.25, 0.3) is 0 Å². The van der Waals surface area contributed by atoms with Gasteiger partial charge in [0.1, 0.15) is 46.6 Å². The van der Waals surface area contributed by atoms with Crippen molar-refractivity contribution in [3.8, 4) is 0 Å². The number of hydrogen-bond donors (Lipinski definition) is 8. The molecular weight excluding hydrogens is 1200 g/mol. The molecule has 0 spiro atoms. The summed E-state index contributed by atoms with van der Waals surface area (Å²) in [6, 6.07) is 0. The Morgan fingerprint density at radius 1 is 0.359 bits per heavy atom. The molecule has 0 radical (unpaired) electrons. The maximum absolute atomic E-state index is 8.98. The minimum absolute atomic E-state index is 0. The van der Waals surface area contributed by atoms with Crippen LogP contribution in [0, 0.1) is 55.4 Å². The second kappa shape index (κ2) is 37.6. The van der Waals surface area contributed by atoms with Crippen molar-refractivity contribution in [3.05, 3.63) is 135 Å². The quantitative estimate of drug-likeness (QED) is 0.0417. The third-order valence-corrected chi connectivity index (χ3v) is 16.0. The number of nitrogens with zero attached hydrogens (tertiary/aromatic N) is 12. The molecule has 0 fully saturated rings. The van der Waals surface area contributed by atoms with Crippen molar-refractivity contribution in [1.29, 1.82) is 0 Å². The molecule has 0 unspecified atom stereocenters. The smallest absolute Gasteiger partial charge is 0.225 e. The van der Waals surface area contributed by atoms with Crippen molar-refractivity contribution in [1.82, 2.24) is 39.9 Å². The van der Waals surface area contributed by atoms with Gasteiger partial charge in [-0.25, -0.2) is 39.9 Å². The third-order valence-electron chi connectivity index (χ3n) is 11.4. The van der Waals surface area contributed by atoms with E-state index < -0.39 is 0 Å². The summed E-state index contributed by atoms with van der Waals surface area (Å²) in [5, 5.41) is 35.9. The van der Waals surface area contributed by atoms with Gasteiger partial charge < -0.3 is 120 Å². The van der Waals surface area contributed by atoms with Gasteiger partial charge in [-0.05, 0) is 27.7 Å². The summed E-state index contributed by atoms with van der Waals surface area (Å²) in [7, 11) is 0. The van der Waals surface area contributed by atoms with E-state index in [9.17, 15) is 0 Å². The monoisotopic (exact) mass is 1260 g/mol. The van der Waals surface area contributed by atoms with E-state index in [1.54, 1.807) is 70.1 Å². The standard InChI is InChI=1S/4C12H17N4OS.4ClH.2S/c4*1-8-11(3-4-17)18-7-16(8)6-10-5-14-9(2)15-12(10)13;;;;;;/h4*5,7,17H,3-4,6H2,1-2H3,(H2,13,14,15);4*1H;;/q4*+1;;;;;2*-2/p-4. The number of hydrogen-bond acceptors (Lipinski definition) is 20. The molecule has 8 rings (SSSR count). The van der Waals surface area contributed by atoms with Crippen LogP contribution in [0.25, 0.3) is 0 Å². The summed E-state index contributed by atoms with van der Waals surface area (Å²) in [4.78, 5) is 38.1. The third kappa shape index (κ3) is 22.0. The minimum Gasteiger partial charge on any atom is -2.00 e. The Labute approximate surface area is 511 Å². The van der Waals surface area contributed by atoms with Gasteiger partial charge in [0.2, 0.25) is 22.0 Å². The van der Waals surface area contributed by atoms with Crippen molar-refractivity contribution in [3.63, 3.8) is 0 Å². The number of aromatic nitrogens is 12. The number of halogens is 4. The van der Waals surface area contributed by atoms with Crippen LogP contribution in [0.15, 0.2) is 46.8 Å². The first-order valence-corrected chi connectivity index (χ1v) is 26.6. The fraction of sp³-hybridized carbons (Fsp3) is 0.417. The van der Waals surface area contributed by atoms with Crippen LogP contribution in [0.4, 0.5) is 23.3 Å². The summed E-state index contributed by atoms with van der Waals surface area (Å²) in [5.41, 5.74) is 40.0. The largest absolute Gasteiger partial charge is 2.00 e. The van der Waals surface area contributed by atoms with Crippen molar-refractivity contribution in [2.75, 3.05) is 49.4 Å². The summed E-state index contributed by atoms with van der Waals surface area (Å²) in [5.74, 6) is 4.87. The van der Waals surface area contributed by atoms with Crippen LogP contribution < -0.4 is 90.8 Å². The molecule has 0 aliphatic rings. The molecule has 0 saturated carbocycles. The first-order valence-electron chi connectivity index (χ1n) is 23.1. The van der Waals surface area contributed by atoms with E-state index in [1.807, 2.05) is 77.4 Å². The highest BCUT2D eigenvalue weighted by Crippen LogP contribution is 2.18. The number of nitrogen functional groups attached to an aromatic ring is 4. The molecule has 0 amide bonds. The van der Waals surface area contributed by atoms with Gasteiger partial charge in [-0.2, -0.15) is 18.3 Å². The first kappa shape index (κ1) is 75.8. The highest BCUT2D eigenvalue weighted by atomic mass is 35.5. The predicted molar refractivity (Wildman–Crippen MR) is 296 cm³/mol. The molecule has 0 saturated heterocycles. The van der Waals surface area contributed by atoms with E-state index in [2.05, 4.69) is 58.1 Å². The minimum atomic E-state index is 0. The Morgan fingerprint density at radius 2 is 0.538 bits per heavy atom. The zero-order chi connectivity index (χ0) is 52.5. The molecule has 8 aromatic rings. The number of aryl methyl sites for hydroxylation is 4. The van der Waals surface area contributed by atoms with Gasteiger partial charge in [-0.15, -0.1) is 0 Å². The normalized spacial score (nSPS) is 10.0. The lowest BCUT2D eigenvalue weighted by Crippen LogP contribution is -3.00. The van der Waals surface area contributed by atoms with Crippen molar-refractivity contribution < 1.29 is 88.3 Å². The van der Waals surface area contributed by atoms with Crippen LogP contribution in [-0.2, 0) is 78.9 Å². The number of anilines is 4. The van der Waals surface area contributed by atoms with Crippen LogP contribution in [0.5, 0.6) is 0 Å². The molecule has 0 aliphatic carbocycles. The molecule has 0 atom stereocenters. The molecule has 0 bridgehead atoms. The van der Waals surface area contributed by atoms with E-state index in [1.165, 1.54) is 19.5 Å². The average Bonchev–Trinajstić information content (AvgIpc) is 4.08. The van der Waals surface area contributed by atoms with Crippen molar-refractivity contribution in [2.24, 2.45) is 0 Å². The Morgan fingerprint density at radius 3 is 0.692 bits per heavy atom. The van der Waals surface area contributed by atoms with E-state index in [4.69, 9.17) is 43.4 Å². The number of nitrogens with two attached hydrogens (primary N) is 4. The molecule has 8 aromatic heterocycles. The molecule has 30 heteroatoms. The number of aliphatic hydroxyl groups excluding tert-OH is 4. The maximum Gasteiger partial charge on any atom is 0.225 e. The summed E-state index contributed by atoms with van der Waals surface area (Å²) < 4.78 is 8.44. The van der Waals surface area contributed by atoms with Crippen LogP contribution in [0.3, 0.4) is 0 Å². The molecule has 8 heterocycles. The predicted octanol–water partition coefficient (Wildman–Crippen LogP) is -9.56. The Bertz CT molecular complexity index is 2640. The molecule has 78 heavy (non-hydrogen) atoms. The number of aliphatic hydroxyl groups is 4. The Balaban J connectivity index is 0. The van der Waals surface area contributed by atoms with Crippen LogP contribution in [-0.4, -0.2) is 86.7 Å². The van der Waals surface area contributed by atoms with E-state index in [-0.39, 0.29) is 103 Å². The average molecular weight is 1270 g/mol. The van der Waals surface area contributed by atoms with Crippen molar-refractivity contribution >= 4 is 95.6 Å². The summed E-state index contributed by atoms with van der Waals surface area (Å²) in [6.45, 7) is 18.9. The van der Waals surface area contributed by atoms with E-state index in [0.29, 0.717) is 98.4 Å². The van der Waals surface area contributed by atoms with Gasteiger partial charge >= 0.3 is 0 Å². The first-order chi connectivity index (χ1) is 34.5. The molecule has 20 nitrogen and oxygen atoms in total. The molecular formula is C48H68Cl4N16O4S6-4. The number of rotatable bonds is 16. The molecule has 432 valence electrons. The van der Waals surface area contributed by atoms with Crippen LogP contribution in [0.2, 0.25) is 0 Å². The summed E-state index contributed by atoms with van der Waals surface area (Å²) in [6.07, 6.45) is 9.88. The van der Waals surface area contributed by atoms with E-state index >= 15 is 0 Å². The lowest BCUT2D eigenvalue weighted by Gasteiger charge is -2.01. The SMILES string of the molecule is Cc1ncc(C[n+]2csc(CCO)c2C)c(N)n1.Cc1ncc(C[n+]2csc(CCO)c2C)c(N)n1.Cc1ncc(C[n+]2csc(CCO)c2C)c(N)n1.Cc1ncc(C[n+]2csc(CCO)c2C)c(N)n1.[Cl-].[Cl-].[Cl-].[Cl-].[S-2].[S-2]. The number of thiazole rings is 4.